The molecule has 0 unspecified atom stereocenters. The van der Waals surface area contributed by atoms with Gasteiger partial charge in [0, 0.05) is 55.0 Å². The van der Waals surface area contributed by atoms with Gasteiger partial charge in [0.25, 0.3) is 0 Å². The summed E-state index contributed by atoms with van der Waals surface area (Å²) in [6.07, 6.45) is 4.50. The van der Waals surface area contributed by atoms with Crippen LogP contribution >= 0.6 is 23.2 Å². The molecule has 1 aliphatic heterocycles. The van der Waals surface area contributed by atoms with Crippen molar-refractivity contribution in [1.82, 2.24) is 19.7 Å². The molecule has 0 aliphatic carbocycles. The van der Waals surface area contributed by atoms with Crippen LogP contribution in [0.15, 0.2) is 47.2 Å². The second-order valence-electron chi connectivity index (χ2n) is 10.9. The minimum absolute atomic E-state index is 0.357. The molecule has 5 rings (SSSR count). The van der Waals surface area contributed by atoms with E-state index in [0.717, 1.165) is 62.7 Å². The summed E-state index contributed by atoms with van der Waals surface area (Å²) < 4.78 is 17.2. The molecule has 0 amide bonds. The Kier molecular flexibility index (Phi) is 9.96. The highest BCUT2D eigenvalue weighted by Gasteiger charge is 2.20. The number of nitriles is 1. The van der Waals surface area contributed by atoms with Crippen molar-refractivity contribution in [2.75, 3.05) is 72.9 Å². The molecule has 1 N–H and O–H groups in total. The van der Waals surface area contributed by atoms with Crippen molar-refractivity contribution in [3.05, 3.63) is 64.2 Å². The zero-order valence-corrected chi connectivity index (χ0v) is 26.4. The molecular weight excluding hydrogens is 587 g/mol. The van der Waals surface area contributed by atoms with Crippen LogP contribution in [0.1, 0.15) is 17.7 Å². The third-order valence-corrected chi connectivity index (χ3v) is 8.31. The smallest absolute Gasteiger partial charge is 0.139 e. The molecule has 4 aromatic rings. The third-order valence-electron chi connectivity index (χ3n) is 7.70. The van der Waals surface area contributed by atoms with E-state index in [0.29, 0.717) is 49.4 Å². The minimum Gasteiger partial charge on any atom is -0.496 e. The molecule has 226 valence electrons. The van der Waals surface area contributed by atoms with Gasteiger partial charge in [-0.1, -0.05) is 23.2 Å². The van der Waals surface area contributed by atoms with Gasteiger partial charge >= 0.3 is 0 Å². The predicted octanol–water partition coefficient (Wildman–Crippen LogP) is 6.50. The number of ether oxygens (including phenoxy) is 2. The number of hydrogen-bond donors (Lipinski definition) is 1. The molecule has 1 saturated heterocycles. The van der Waals surface area contributed by atoms with Crippen molar-refractivity contribution in [1.29, 1.82) is 5.26 Å². The summed E-state index contributed by atoms with van der Waals surface area (Å²) in [5.41, 5.74) is 3.90. The van der Waals surface area contributed by atoms with Gasteiger partial charge in [0.15, 0.2) is 0 Å². The second-order valence-corrected chi connectivity index (χ2v) is 11.7. The van der Waals surface area contributed by atoms with Crippen LogP contribution in [-0.4, -0.2) is 87.3 Å². The summed E-state index contributed by atoms with van der Waals surface area (Å²) >= 11 is 12.7. The van der Waals surface area contributed by atoms with Crippen LogP contribution in [0.25, 0.3) is 22.0 Å². The first-order valence-corrected chi connectivity index (χ1v) is 14.9. The number of methoxy groups -OCH3 is 2. The van der Waals surface area contributed by atoms with Crippen molar-refractivity contribution >= 4 is 45.5 Å². The summed E-state index contributed by atoms with van der Waals surface area (Å²) in [5.74, 6) is 1.99. The quantitative estimate of drug-likeness (QED) is 0.201. The zero-order chi connectivity index (χ0) is 30.5. The molecule has 3 heterocycles. The fraction of sp³-hybridized carbons (Fsp3) is 0.375. The molecule has 2 aromatic carbocycles. The number of pyridine rings is 1. The van der Waals surface area contributed by atoms with Gasteiger partial charge in [-0.3, -0.25) is 9.88 Å². The molecular formula is C32H36Cl2N6O3. The number of anilines is 2. The molecule has 2 aromatic heterocycles. The fourth-order valence-electron chi connectivity index (χ4n) is 5.36. The standard InChI is InChI=1S/C32H36Cl2N6O3/c1-38(2)6-5-7-39-8-10-40(11-9-39)19-23-12-21(20-43-23)24-13-28-25(14-30(24)41-3)32(22(17-35)18-36-28)37-29-16-31(42-4)27(34)15-26(29)33/h12-16,18,20H,5-11,19H2,1-4H3,(H,36,37). The number of piperazine rings is 1. The largest absolute Gasteiger partial charge is 0.496 e. The van der Waals surface area contributed by atoms with Gasteiger partial charge in [0.2, 0.25) is 0 Å². The Labute approximate surface area is 262 Å². The van der Waals surface area contributed by atoms with Crippen molar-refractivity contribution in [3.8, 4) is 28.7 Å². The molecule has 1 fully saturated rings. The molecule has 0 saturated carbocycles. The highest BCUT2D eigenvalue weighted by molar-refractivity contribution is 6.37. The van der Waals surface area contributed by atoms with Gasteiger partial charge in [-0.15, -0.1) is 0 Å². The monoisotopic (exact) mass is 622 g/mol. The van der Waals surface area contributed by atoms with E-state index in [1.165, 1.54) is 13.5 Å². The maximum Gasteiger partial charge on any atom is 0.139 e. The van der Waals surface area contributed by atoms with Crippen LogP contribution in [-0.2, 0) is 6.54 Å². The van der Waals surface area contributed by atoms with Crippen LogP contribution in [0.4, 0.5) is 11.4 Å². The topological polar surface area (TPSA) is 90.0 Å². The number of hydrogen-bond acceptors (Lipinski definition) is 9. The highest BCUT2D eigenvalue weighted by atomic mass is 35.5. The van der Waals surface area contributed by atoms with E-state index in [1.54, 1.807) is 31.7 Å². The van der Waals surface area contributed by atoms with Crippen LogP contribution < -0.4 is 14.8 Å². The molecule has 0 bridgehead atoms. The van der Waals surface area contributed by atoms with Gasteiger partial charge < -0.3 is 29.0 Å². The van der Waals surface area contributed by atoms with Crippen molar-refractivity contribution in [2.45, 2.75) is 13.0 Å². The van der Waals surface area contributed by atoms with E-state index in [-0.39, 0.29) is 0 Å². The normalized spacial score (nSPS) is 14.3. The SMILES string of the molecule is COc1cc(Nc2c(C#N)cnc3cc(-c4coc(CN5CCN(CCCN(C)C)CC5)c4)c(OC)cc23)c(Cl)cc1Cl. The summed E-state index contributed by atoms with van der Waals surface area (Å²) in [6, 6.07) is 11.4. The number of fused-ring (bicyclic) bond motifs is 1. The van der Waals surface area contributed by atoms with E-state index < -0.39 is 0 Å². The second kappa shape index (κ2) is 13.8. The number of halogens is 2. The number of nitrogens with zero attached hydrogens (tertiary/aromatic N) is 5. The molecule has 1 aliphatic rings. The molecule has 9 nitrogen and oxygen atoms in total. The Balaban J connectivity index is 1.37. The first-order valence-electron chi connectivity index (χ1n) is 14.2. The molecule has 0 atom stereocenters. The number of rotatable bonds is 11. The molecule has 0 spiro atoms. The van der Waals surface area contributed by atoms with Crippen molar-refractivity contribution < 1.29 is 13.9 Å². The maximum absolute atomic E-state index is 9.88. The van der Waals surface area contributed by atoms with Gasteiger partial charge in [-0.05, 0) is 57.9 Å². The highest BCUT2D eigenvalue weighted by Crippen LogP contribution is 2.41. The Morgan fingerprint density at radius 1 is 1.00 bits per heavy atom. The third kappa shape index (κ3) is 7.18. The van der Waals surface area contributed by atoms with Crippen LogP contribution in [0.2, 0.25) is 10.0 Å². The zero-order valence-electron chi connectivity index (χ0n) is 24.9. The first kappa shape index (κ1) is 30.9. The van der Waals surface area contributed by atoms with Crippen molar-refractivity contribution in [2.24, 2.45) is 0 Å². The average Bonchev–Trinajstić information content (AvgIpc) is 3.46. The Hall–Kier alpha value is -3.52. The van der Waals surface area contributed by atoms with E-state index >= 15 is 0 Å². The summed E-state index contributed by atoms with van der Waals surface area (Å²) in [4.78, 5) is 11.8. The van der Waals surface area contributed by atoms with E-state index in [4.69, 9.17) is 37.1 Å². The molecule has 0 radical (unpaired) electrons. The summed E-state index contributed by atoms with van der Waals surface area (Å²) in [6.45, 7) is 7.18. The first-order chi connectivity index (χ1) is 20.8. The Morgan fingerprint density at radius 3 is 2.44 bits per heavy atom. The lowest BCUT2D eigenvalue weighted by molar-refractivity contribution is 0.118. The lowest BCUT2D eigenvalue weighted by Gasteiger charge is -2.34. The molecule has 43 heavy (non-hydrogen) atoms. The fourth-order valence-corrected chi connectivity index (χ4v) is 5.86. The molecule has 11 heteroatoms. The van der Waals surface area contributed by atoms with Gasteiger partial charge in [0.1, 0.15) is 23.3 Å². The van der Waals surface area contributed by atoms with Crippen LogP contribution in [0.5, 0.6) is 11.5 Å². The lowest BCUT2D eigenvalue weighted by Crippen LogP contribution is -2.46. The summed E-state index contributed by atoms with van der Waals surface area (Å²) in [5, 5.41) is 14.7. The Morgan fingerprint density at radius 2 is 1.74 bits per heavy atom. The number of nitrogens with one attached hydrogen (secondary N) is 1. The van der Waals surface area contributed by atoms with Crippen LogP contribution in [0, 0.1) is 11.3 Å². The summed E-state index contributed by atoms with van der Waals surface area (Å²) in [7, 11) is 7.40. The minimum atomic E-state index is 0.357. The average molecular weight is 624 g/mol. The van der Waals surface area contributed by atoms with Crippen LogP contribution in [0.3, 0.4) is 0 Å². The lowest BCUT2D eigenvalue weighted by atomic mass is 10.0. The van der Waals surface area contributed by atoms with E-state index in [2.05, 4.69) is 51.2 Å². The number of aromatic nitrogens is 1. The van der Waals surface area contributed by atoms with Gasteiger partial charge in [-0.25, -0.2) is 0 Å². The van der Waals surface area contributed by atoms with Gasteiger partial charge in [-0.2, -0.15) is 5.26 Å². The van der Waals surface area contributed by atoms with Crippen molar-refractivity contribution in [3.63, 3.8) is 0 Å². The van der Waals surface area contributed by atoms with E-state index in [1.807, 2.05) is 12.1 Å². The van der Waals surface area contributed by atoms with E-state index in [9.17, 15) is 5.26 Å². The Bertz CT molecular complexity index is 1630. The number of benzene rings is 2. The number of furan rings is 1. The predicted molar refractivity (Wildman–Crippen MR) is 172 cm³/mol. The maximum atomic E-state index is 9.88. The van der Waals surface area contributed by atoms with Gasteiger partial charge in [0.05, 0.1) is 59.5 Å².